The highest BCUT2D eigenvalue weighted by atomic mass is 127. The molecule has 1 atom stereocenters. The number of aliphatic hydroxyl groups excluding tert-OH is 1. The van der Waals surface area contributed by atoms with E-state index >= 15 is 0 Å². The van der Waals surface area contributed by atoms with E-state index in [1.807, 2.05) is 76.2 Å². The number of aliphatic imine (C=N–C) groups is 1. The molecule has 3 N–H and O–H groups in total. The summed E-state index contributed by atoms with van der Waals surface area (Å²) in [5, 5.41) is 17.0. The Kier molecular flexibility index (Phi) is 11.5. The number of rotatable bonds is 9. The van der Waals surface area contributed by atoms with E-state index in [0.717, 1.165) is 29.2 Å². The van der Waals surface area contributed by atoms with E-state index < -0.39 is 6.10 Å². The van der Waals surface area contributed by atoms with Gasteiger partial charge >= 0.3 is 0 Å². The van der Waals surface area contributed by atoms with Crippen molar-refractivity contribution in [2.45, 2.75) is 39.5 Å². The largest absolute Gasteiger partial charge is 0.491 e. The third kappa shape index (κ3) is 8.74. The van der Waals surface area contributed by atoms with Gasteiger partial charge < -0.3 is 25.4 Å². The van der Waals surface area contributed by atoms with Crippen LogP contribution in [0.1, 0.15) is 38.0 Å². The van der Waals surface area contributed by atoms with Gasteiger partial charge in [0.1, 0.15) is 11.6 Å². The second kappa shape index (κ2) is 13.3. The summed E-state index contributed by atoms with van der Waals surface area (Å²) in [4.78, 5) is 10.9. The molecule has 0 aliphatic carbocycles. The van der Waals surface area contributed by atoms with Crippen LogP contribution in [0, 0.1) is 0 Å². The van der Waals surface area contributed by atoms with Crippen LogP contribution in [0.25, 0.3) is 0 Å². The highest BCUT2D eigenvalue weighted by molar-refractivity contribution is 14.0. The van der Waals surface area contributed by atoms with Gasteiger partial charge in [0.05, 0.1) is 18.8 Å². The van der Waals surface area contributed by atoms with Crippen molar-refractivity contribution < 1.29 is 9.84 Å². The number of nitrogens with one attached hydrogen (secondary N) is 2. The fourth-order valence-corrected chi connectivity index (χ4v) is 2.69. The van der Waals surface area contributed by atoms with Crippen LogP contribution in [0.5, 0.6) is 5.75 Å². The molecule has 30 heavy (non-hydrogen) atoms. The molecule has 0 spiro atoms. The van der Waals surface area contributed by atoms with E-state index in [1.165, 1.54) is 0 Å². The maximum absolute atomic E-state index is 10.6. The molecule has 1 unspecified atom stereocenters. The molecule has 166 valence electrons. The Labute approximate surface area is 197 Å². The molecule has 0 bridgehead atoms. The molecular formula is C22H34IN5O2. The zero-order valence-electron chi connectivity index (χ0n) is 18.4. The highest BCUT2D eigenvalue weighted by Gasteiger charge is 2.10. The molecule has 1 aromatic carbocycles. The van der Waals surface area contributed by atoms with Crippen LogP contribution in [0.15, 0.2) is 47.6 Å². The van der Waals surface area contributed by atoms with Gasteiger partial charge in [0.2, 0.25) is 0 Å². The summed E-state index contributed by atoms with van der Waals surface area (Å²) in [6.07, 6.45) is 1.21. The number of aliphatic hydroxyl groups is 1. The average molecular weight is 527 g/mol. The van der Waals surface area contributed by atoms with Gasteiger partial charge in [0, 0.05) is 33.4 Å². The summed E-state index contributed by atoms with van der Waals surface area (Å²) in [6.45, 7) is 7.57. The Hall–Kier alpha value is -2.07. The van der Waals surface area contributed by atoms with Crippen molar-refractivity contribution in [3.8, 4) is 5.75 Å². The molecule has 0 saturated carbocycles. The van der Waals surface area contributed by atoms with Gasteiger partial charge in [-0.2, -0.15) is 0 Å². The maximum Gasteiger partial charge on any atom is 0.191 e. The third-order valence-corrected chi connectivity index (χ3v) is 4.11. The third-order valence-electron chi connectivity index (χ3n) is 4.11. The van der Waals surface area contributed by atoms with Gasteiger partial charge in [0.25, 0.3) is 0 Å². The molecule has 2 rings (SSSR count). The van der Waals surface area contributed by atoms with Crippen LogP contribution in [0.2, 0.25) is 0 Å². The topological polar surface area (TPSA) is 82.0 Å². The van der Waals surface area contributed by atoms with Crippen LogP contribution in [0.4, 0.5) is 5.82 Å². The minimum absolute atomic E-state index is 0. The molecule has 0 radical (unpaired) electrons. The Morgan fingerprint density at radius 3 is 2.63 bits per heavy atom. The van der Waals surface area contributed by atoms with Crippen molar-refractivity contribution in [1.29, 1.82) is 0 Å². The second-order valence-electron chi connectivity index (χ2n) is 7.25. The molecule has 7 nitrogen and oxygen atoms in total. The standard InChI is InChI=1S/C22H33N5O2.HI/c1-6-23-22(25-14-17-10-11-24-21(12-17)27(4)5)26-15-20(28)18-8-7-9-19(13-18)29-16(2)3;/h7-13,16,20,28H,6,14-15H2,1-5H3,(H2,23,25,26);1H. The number of anilines is 1. The molecule has 1 heterocycles. The molecular weight excluding hydrogens is 493 g/mol. The molecule has 2 aromatic rings. The van der Waals surface area contributed by atoms with Crippen molar-refractivity contribution in [2.24, 2.45) is 4.99 Å². The van der Waals surface area contributed by atoms with Crippen molar-refractivity contribution in [2.75, 3.05) is 32.1 Å². The van der Waals surface area contributed by atoms with E-state index in [4.69, 9.17) is 4.74 Å². The number of pyridine rings is 1. The van der Waals surface area contributed by atoms with Crippen molar-refractivity contribution >= 4 is 35.8 Å². The number of aromatic nitrogens is 1. The first kappa shape index (κ1) is 26.0. The van der Waals surface area contributed by atoms with Crippen molar-refractivity contribution in [1.82, 2.24) is 15.6 Å². The first-order valence-corrected chi connectivity index (χ1v) is 9.98. The lowest BCUT2D eigenvalue weighted by Gasteiger charge is -2.17. The van der Waals surface area contributed by atoms with E-state index in [9.17, 15) is 5.11 Å². The average Bonchev–Trinajstić information content (AvgIpc) is 2.69. The van der Waals surface area contributed by atoms with Gasteiger partial charge in [-0.1, -0.05) is 12.1 Å². The Bertz CT molecular complexity index is 799. The molecule has 0 saturated heterocycles. The Morgan fingerprint density at radius 2 is 1.97 bits per heavy atom. The normalized spacial score (nSPS) is 12.2. The van der Waals surface area contributed by atoms with Crippen LogP contribution in [-0.4, -0.2) is 49.3 Å². The van der Waals surface area contributed by atoms with Crippen molar-refractivity contribution in [3.63, 3.8) is 0 Å². The number of hydrogen-bond donors (Lipinski definition) is 3. The van der Waals surface area contributed by atoms with Crippen LogP contribution in [0.3, 0.4) is 0 Å². The van der Waals surface area contributed by atoms with E-state index in [0.29, 0.717) is 19.0 Å². The zero-order valence-corrected chi connectivity index (χ0v) is 20.8. The van der Waals surface area contributed by atoms with Gasteiger partial charge in [-0.15, -0.1) is 24.0 Å². The molecule has 0 aliphatic rings. The number of guanidine groups is 1. The first-order chi connectivity index (χ1) is 13.9. The lowest BCUT2D eigenvalue weighted by Crippen LogP contribution is -2.39. The number of ether oxygens (including phenoxy) is 1. The monoisotopic (exact) mass is 527 g/mol. The summed E-state index contributed by atoms with van der Waals surface area (Å²) in [5.74, 6) is 2.31. The Morgan fingerprint density at radius 1 is 1.20 bits per heavy atom. The molecule has 0 amide bonds. The predicted molar refractivity (Wildman–Crippen MR) is 134 cm³/mol. The highest BCUT2D eigenvalue weighted by Crippen LogP contribution is 2.20. The van der Waals surface area contributed by atoms with Gasteiger partial charge in [-0.05, 0) is 56.2 Å². The molecule has 0 fully saturated rings. The lowest BCUT2D eigenvalue weighted by atomic mass is 10.1. The minimum atomic E-state index is -0.671. The Balaban J connectivity index is 0.00000450. The quantitative estimate of drug-likeness (QED) is 0.264. The summed E-state index contributed by atoms with van der Waals surface area (Å²) in [5.41, 5.74) is 1.87. The second-order valence-corrected chi connectivity index (χ2v) is 7.25. The predicted octanol–water partition coefficient (Wildman–Crippen LogP) is 3.34. The van der Waals surface area contributed by atoms with E-state index in [-0.39, 0.29) is 30.1 Å². The van der Waals surface area contributed by atoms with Gasteiger partial charge in [-0.3, -0.25) is 0 Å². The van der Waals surface area contributed by atoms with E-state index in [1.54, 1.807) is 6.20 Å². The zero-order chi connectivity index (χ0) is 21.2. The fraction of sp³-hybridized carbons (Fsp3) is 0.455. The SMILES string of the molecule is CCNC(=NCc1ccnc(N(C)C)c1)NCC(O)c1cccc(OC(C)C)c1.I. The minimum Gasteiger partial charge on any atom is -0.491 e. The number of halogens is 1. The molecule has 1 aromatic heterocycles. The summed E-state index contributed by atoms with van der Waals surface area (Å²) in [7, 11) is 3.92. The maximum atomic E-state index is 10.6. The smallest absolute Gasteiger partial charge is 0.191 e. The fourth-order valence-electron chi connectivity index (χ4n) is 2.69. The van der Waals surface area contributed by atoms with Crippen LogP contribution >= 0.6 is 24.0 Å². The van der Waals surface area contributed by atoms with Crippen LogP contribution in [-0.2, 0) is 6.54 Å². The first-order valence-electron chi connectivity index (χ1n) is 9.98. The number of nitrogens with zero attached hydrogens (tertiary/aromatic N) is 3. The molecule has 8 heteroatoms. The van der Waals surface area contributed by atoms with E-state index in [2.05, 4.69) is 20.6 Å². The van der Waals surface area contributed by atoms with Crippen molar-refractivity contribution in [3.05, 3.63) is 53.7 Å². The summed E-state index contributed by atoms with van der Waals surface area (Å²) >= 11 is 0. The number of hydrogen-bond acceptors (Lipinski definition) is 5. The summed E-state index contributed by atoms with van der Waals surface area (Å²) in [6, 6.07) is 11.5. The lowest BCUT2D eigenvalue weighted by molar-refractivity contribution is 0.179. The van der Waals surface area contributed by atoms with Crippen LogP contribution < -0.4 is 20.3 Å². The molecule has 0 aliphatic heterocycles. The summed E-state index contributed by atoms with van der Waals surface area (Å²) < 4.78 is 5.71. The van der Waals surface area contributed by atoms with Gasteiger partial charge in [0.15, 0.2) is 5.96 Å². The van der Waals surface area contributed by atoms with Gasteiger partial charge in [-0.25, -0.2) is 9.98 Å². The number of benzene rings is 1.